The van der Waals surface area contributed by atoms with E-state index >= 15 is 0 Å². The molecule has 1 fully saturated rings. The molecule has 0 spiro atoms. The standard InChI is InChI=1S/C21H28Cl2N4O4S/c1-4-10-24-19(28)13-25-20(29)14-27(32(3,30)31)16-8-11-26(12-9-16)15(2)21-17(22)6-5-7-18(21)23/h1,5-7,15-16H,8-14H2,2-3H3,(H,24,28)(H,25,29). The first-order chi connectivity index (χ1) is 15.0. The Morgan fingerprint density at radius 1 is 1.22 bits per heavy atom. The van der Waals surface area contributed by atoms with Gasteiger partial charge in [-0.15, -0.1) is 6.42 Å². The highest BCUT2D eigenvalue weighted by Crippen LogP contribution is 2.35. The van der Waals surface area contributed by atoms with Crippen molar-refractivity contribution in [2.45, 2.75) is 31.8 Å². The summed E-state index contributed by atoms with van der Waals surface area (Å²) in [5, 5.41) is 6.04. The highest BCUT2D eigenvalue weighted by atomic mass is 35.5. The lowest BCUT2D eigenvalue weighted by Gasteiger charge is -2.40. The number of benzene rings is 1. The number of rotatable bonds is 9. The van der Waals surface area contributed by atoms with Crippen LogP contribution in [-0.2, 0) is 19.6 Å². The van der Waals surface area contributed by atoms with Crippen molar-refractivity contribution < 1.29 is 18.0 Å². The van der Waals surface area contributed by atoms with Crippen molar-refractivity contribution in [3.63, 3.8) is 0 Å². The van der Waals surface area contributed by atoms with Crippen molar-refractivity contribution in [3.8, 4) is 12.3 Å². The molecule has 0 saturated carbocycles. The molecule has 1 atom stereocenters. The number of hydrogen-bond donors (Lipinski definition) is 2. The van der Waals surface area contributed by atoms with Crippen LogP contribution in [0.4, 0.5) is 0 Å². The van der Waals surface area contributed by atoms with E-state index in [9.17, 15) is 18.0 Å². The van der Waals surface area contributed by atoms with Crippen LogP contribution in [0, 0.1) is 12.3 Å². The van der Waals surface area contributed by atoms with Crippen molar-refractivity contribution >= 4 is 45.0 Å². The highest BCUT2D eigenvalue weighted by molar-refractivity contribution is 7.88. The van der Waals surface area contributed by atoms with Gasteiger partial charge in [0.25, 0.3) is 0 Å². The van der Waals surface area contributed by atoms with Gasteiger partial charge in [-0.3, -0.25) is 14.5 Å². The van der Waals surface area contributed by atoms with Gasteiger partial charge in [0.05, 0.1) is 25.9 Å². The first kappa shape index (κ1) is 26.4. The normalized spacial score (nSPS) is 16.4. The lowest BCUT2D eigenvalue weighted by atomic mass is 10.00. The Morgan fingerprint density at radius 2 is 1.81 bits per heavy atom. The highest BCUT2D eigenvalue weighted by Gasteiger charge is 2.33. The number of carbonyl (C=O) groups excluding carboxylic acids is 2. The molecule has 32 heavy (non-hydrogen) atoms. The van der Waals surface area contributed by atoms with Crippen LogP contribution >= 0.6 is 23.2 Å². The monoisotopic (exact) mass is 502 g/mol. The molecule has 1 aliphatic heterocycles. The number of nitrogens with zero attached hydrogens (tertiary/aromatic N) is 2. The maximum absolute atomic E-state index is 12.4. The van der Waals surface area contributed by atoms with E-state index in [1.807, 2.05) is 6.92 Å². The summed E-state index contributed by atoms with van der Waals surface area (Å²) < 4.78 is 25.9. The van der Waals surface area contributed by atoms with Gasteiger partial charge in [-0.1, -0.05) is 35.2 Å². The molecular weight excluding hydrogens is 475 g/mol. The van der Waals surface area contributed by atoms with Crippen molar-refractivity contribution in [2.75, 3.05) is 39.0 Å². The summed E-state index contributed by atoms with van der Waals surface area (Å²) in [6.07, 6.45) is 7.25. The maximum atomic E-state index is 12.4. The average Bonchev–Trinajstić information content (AvgIpc) is 2.73. The van der Waals surface area contributed by atoms with Gasteiger partial charge in [0.2, 0.25) is 21.8 Å². The molecule has 8 nitrogen and oxygen atoms in total. The van der Waals surface area contributed by atoms with Crippen molar-refractivity contribution in [1.82, 2.24) is 19.8 Å². The van der Waals surface area contributed by atoms with E-state index in [0.29, 0.717) is 36.0 Å². The van der Waals surface area contributed by atoms with Gasteiger partial charge in [0.1, 0.15) is 0 Å². The number of amides is 2. The van der Waals surface area contributed by atoms with Gasteiger partial charge in [-0.25, -0.2) is 8.42 Å². The van der Waals surface area contributed by atoms with Crippen LogP contribution in [0.2, 0.25) is 10.0 Å². The molecule has 2 N–H and O–H groups in total. The third-order valence-electron chi connectivity index (χ3n) is 5.43. The van der Waals surface area contributed by atoms with E-state index < -0.39 is 21.8 Å². The Balaban J connectivity index is 1.98. The molecule has 0 radical (unpaired) electrons. The Bertz CT molecular complexity index is 952. The Morgan fingerprint density at radius 3 is 2.34 bits per heavy atom. The summed E-state index contributed by atoms with van der Waals surface area (Å²) in [7, 11) is -3.63. The van der Waals surface area contributed by atoms with Gasteiger partial charge < -0.3 is 10.6 Å². The molecule has 176 valence electrons. The smallest absolute Gasteiger partial charge is 0.240 e. The molecule has 1 aromatic rings. The minimum Gasteiger partial charge on any atom is -0.346 e. The summed E-state index contributed by atoms with van der Waals surface area (Å²) in [4.78, 5) is 26.0. The van der Waals surface area contributed by atoms with Gasteiger partial charge in [0.15, 0.2) is 0 Å². The molecule has 2 amide bonds. The molecule has 1 aliphatic rings. The number of nitrogens with one attached hydrogen (secondary N) is 2. The molecule has 1 heterocycles. The fourth-order valence-corrected chi connectivity index (χ4v) is 5.58. The zero-order valence-corrected chi connectivity index (χ0v) is 20.4. The van der Waals surface area contributed by atoms with Gasteiger partial charge >= 0.3 is 0 Å². The van der Waals surface area contributed by atoms with E-state index in [1.54, 1.807) is 18.2 Å². The summed E-state index contributed by atoms with van der Waals surface area (Å²) in [6.45, 7) is 2.69. The van der Waals surface area contributed by atoms with Crippen LogP contribution in [0.25, 0.3) is 0 Å². The molecule has 1 unspecified atom stereocenters. The third kappa shape index (κ3) is 7.36. The molecule has 1 aromatic carbocycles. The number of halogens is 2. The predicted octanol–water partition coefficient (Wildman–Crippen LogP) is 1.65. The molecule has 11 heteroatoms. The van der Waals surface area contributed by atoms with E-state index in [1.165, 1.54) is 4.31 Å². The SMILES string of the molecule is C#CCNC(=O)CNC(=O)CN(C1CCN(C(C)c2c(Cl)cccc2Cl)CC1)S(C)(=O)=O. The summed E-state index contributed by atoms with van der Waals surface area (Å²) in [5.41, 5.74) is 0.844. The molecule has 1 saturated heterocycles. The number of likely N-dealkylation sites (tertiary alicyclic amines) is 1. The maximum Gasteiger partial charge on any atom is 0.240 e. The molecule has 0 aliphatic carbocycles. The lowest BCUT2D eigenvalue weighted by Crippen LogP contribution is -2.51. The fourth-order valence-electron chi connectivity index (χ4n) is 3.76. The Kier molecular flexibility index (Phi) is 9.80. The summed E-state index contributed by atoms with van der Waals surface area (Å²) >= 11 is 12.7. The van der Waals surface area contributed by atoms with E-state index in [0.717, 1.165) is 11.8 Å². The third-order valence-corrected chi connectivity index (χ3v) is 7.37. The number of terminal acetylenes is 1. The van der Waals surface area contributed by atoms with Crippen LogP contribution in [-0.4, -0.2) is 74.5 Å². The second-order valence-electron chi connectivity index (χ2n) is 7.64. The second-order valence-corrected chi connectivity index (χ2v) is 10.4. The van der Waals surface area contributed by atoms with Crippen LogP contribution in [0.15, 0.2) is 18.2 Å². The van der Waals surface area contributed by atoms with Crippen molar-refractivity contribution in [1.29, 1.82) is 0 Å². The summed E-state index contributed by atoms with van der Waals surface area (Å²) in [6, 6.07) is 5.02. The van der Waals surface area contributed by atoms with E-state index in [4.69, 9.17) is 29.6 Å². The molecule has 0 bridgehead atoms. The number of sulfonamides is 1. The molecule has 2 rings (SSSR count). The Hall–Kier alpha value is -1.83. The van der Waals surface area contributed by atoms with Crippen LogP contribution in [0.5, 0.6) is 0 Å². The zero-order chi connectivity index (χ0) is 23.9. The van der Waals surface area contributed by atoms with Crippen LogP contribution in [0.3, 0.4) is 0 Å². The van der Waals surface area contributed by atoms with Gasteiger partial charge in [0, 0.05) is 40.8 Å². The summed E-state index contributed by atoms with van der Waals surface area (Å²) in [5.74, 6) is 1.27. The van der Waals surface area contributed by atoms with Crippen LogP contribution < -0.4 is 10.6 Å². The quantitative estimate of drug-likeness (QED) is 0.500. The van der Waals surface area contributed by atoms with Crippen molar-refractivity contribution in [3.05, 3.63) is 33.8 Å². The number of hydrogen-bond acceptors (Lipinski definition) is 5. The van der Waals surface area contributed by atoms with Gasteiger partial charge in [-0.2, -0.15) is 4.31 Å². The lowest BCUT2D eigenvalue weighted by molar-refractivity contribution is -0.126. The van der Waals surface area contributed by atoms with E-state index in [2.05, 4.69) is 21.5 Å². The van der Waals surface area contributed by atoms with Crippen LogP contribution in [0.1, 0.15) is 31.4 Å². The number of carbonyl (C=O) groups is 2. The zero-order valence-electron chi connectivity index (χ0n) is 18.1. The first-order valence-electron chi connectivity index (χ1n) is 10.2. The first-order valence-corrected chi connectivity index (χ1v) is 12.8. The Labute approximate surface area is 199 Å². The number of piperidine rings is 1. The molecular formula is C21H28Cl2N4O4S. The van der Waals surface area contributed by atoms with E-state index in [-0.39, 0.29) is 31.7 Å². The second kappa shape index (κ2) is 11.9. The average molecular weight is 503 g/mol. The minimum atomic E-state index is -3.63. The van der Waals surface area contributed by atoms with Crippen molar-refractivity contribution in [2.24, 2.45) is 0 Å². The molecule has 0 aromatic heterocycles. The van der Waals surface area contributed by atoms with Gasteiger partial charge in [-0.05, 0) is 31.9 Å². The topological polar surface area (TPSA) is 98.8 Å². The largest absolute Gasteiger partial charge is 0.346 e. The fraction of sp³-hybridized carbons (Fsp3) is 0.524. The predicted molar refractivity (Wildman–Crippen MR) is 126 cm³/mol. The minimum absolute atomic E-state index is 0.0337.